The monoisotopic (exact) mass is 262 g/mol. The van der Waals surface area contributed by atoms with Gasteiger partial charge in [-0.25, -0.2) is 0 Å². The molecule has 1 aromatic rings. The van der Waals surface area contributed by atoms with Crippen LogP contribution in [0.5, 0.6) is 0 Å². The molecule has 0 aliphatic carbocycles. The van der Waals surface area contributed by atoms with Crippen molar-refractivity contribution in [3.8, 4) is 0 Å². The van der Waals surface area contributed by atoms with Gasteiger partial charge in [-0.05, 0) is 0 Å². The van der Waals surface area contributed by atoms with Gasteiger partial charge in [0.25, 0.3) is 0 Å². The van der Waals surface area contributed by atoms with E-state index in [4.69, 9.17) is 11.6 Å². The molecule has 76 valence electrons. The zero-order chi connectivity index (χ0) is 7.68. The van der Waals surface area contributed by atoms with E-state index in [1.165, 1.54) is 0 Å². The number of hydrogen-bond acceptors (Lipinski definition) is 5. The van der Waals surface area contributed by atoms with Crippen molar-refractivity contribution in [1.29, 1.82) is 0 Å². The minimum atomic E-state index is 0. The molecular weight excluding hydrogens is 255 g/mol. The summed E-state index contributed by atoms with van der Waals surface area (Å²) in [5.74, 6) is 0.711. The fourth-order valence-electron chi connectivity index (χ4n) is 0.848. The van der Waals surface area contributed by atoms with Crippen molar-refractivity contribution in [3.05, 3.63) is 5.15 Å². The van der Waals surface area contributed by atoms with E-state index in [-0.39, 0.29) is 24.8 Å². The Hall–Kier alpha value is 0.190. The molecule has 4 nitrogen and oxygen atoms in total. The summed E-state index contributed by atoms with van der Waals surface area (Å²) in [7, 11) is 0. The summed E-state index contributed by atoms with van der Waals surface area (Å²) in [6.45, 7) is 1.96. The van der Waals surface area contributed by atoms with E-state index in [0.717, 1.165) is 24.8 Å². The number of nitrogens with one attached hydrogen (secondary N) is 2. The molecule has 0 saturated carbocycles. The number of halogens is 3. The molecule has 0 aromatic carbocycles. The first-order chi connectivity index (χ1) is 5.36. The molecule has 1 aliphatic heterocycles. The number of anilines is 1. The summed E-state index contributed by atoms with van der Waals surface area (Å²) in [4.78, 5) is 0. The van der Waals surface area contributed by atoms with Crippen LogP contribution in [-0.2, 0) is 0 Å². The van der Waals surface area contributed by atoms with Gasteiger partial charge >= 0.3 is 0 Å². The molecule has 1 aromatic heterocycles. The van der Waals surface area contributed by atoms with Gasteiger partial charge in [0.2, 0.25) is 0 Å². The van der Waals surface area contributed by atoms with E-state index in [2.05, 4.69) is 19.4 Å². The lowest BCUT2D eigenvalue weighted by molar-refractivity contribution is 0.471. The van der Waals surface area contributed by atoms with Crippen LogP contribution in [0.2, 0.25) is 5.15 Å². The lowest BCUT2D eigenvalue weighted by atomic mass is 10.2. The van der Waals surface area contributed by atoms with Crippen LogP contribution in [0.25, 0.3) is 0 Å². The average molecular weight is 264 g/mol. The Bertz CT molecular complexity index is 252. The predicted molar refractivity (Wildman–Crippen MR) is 59.7 cm³/mol. The molecule has 0 atom stereocenters. The van der Waals surface area contributed by atoms with Crippen LogP contribution >= 0.6 is 48.1 Å². The van der Waals surface area contributed by atoms with Crippen molar-refractivity contribution in [2.75, 3.05) is 18.4 Å². The van der Waals surface area contributed by atoms with Crippen molar-refractivity contribution in [1.82, 2.24) is 14.1 Å². The smallest absolute Gasteiger partial charge is 0.186 e. The number of aromatic nitrogens is 2. The summed E-state index contributed by atoms with van der Waals surface area (Å²) >= 11 is 6.85. The van der Waals surface area contributed by atoms with Gasteiger partial charge in [-0.3, -0.25) is 0 Å². The largest absolute Gasteiger partial charge is 0.361 e. The number of hydrogen-bond donors (Lipinski definition) is 2. The number of nitrogens with zero attached hydrogens (tertiary/aromatic N) is 2. The summed E-state index contributed by atoms with van der Waals surface area (Å²) in [5.41, 5.74) is 0. The van der Waals surface area contributed by atoms with Crippen molar-refractivity contribution in [2.24, 2.45) is 0 Å². The van der Waals surface area contributed by atoms with E-state index in [1.807, 2.05) is 0 Å². The van der Waals surface area contributed by atoms with Crippen molar-refractivity contribution in [3.63, 3.8) is 0 Å². The molecule has 0 radical (unpaired) electrons. The Balaban J connectivity index is 0.000000720. The highest BCUT2D eigenvalue weighted by Gasteiger charge is 2.18. The van der Waals surface area contributed by atoms with Gasteiger partial charge in [0.1, 0.15) is 0 Å². The molecule has 1 aliphatic rings. The minimum absolute atomic E-state index is 0. The SMILES string of the molecule is Cl.Cl.Clc1nsnc1NC1CNC1. The van der Waals surface area contributed by atoms with Gasteiger partial charge in [-0.15, -0.1) is 24.8 Å². The summed E-state index contributed by atoms with van der Waals surface area (Å²) in [6, 6.07) is 0.469. The first-order valence-corrected chi connectivity index (χ1v) is 4.42. The van der Waals surface area contributed by atoms with Gasteiger partial charge in [0.05, 0.1) is 17.8 Å². The van der Waals surface area contributed by atoms with Crippen LogP contribution < -0.4 is 10.6 Å². The molecule has 1 saturated heterocycles. The Morgan fingerprint density at radius 3 is 2.46 bits per heavy atom. The molecule has 2 N–H and O–H groups in total. The molecule has 0 amide bonds. The maximum atomic E-state index is 5.72. The fraction of sp³-hybridized carbons (Fsp3) is 0.600. The third-order valence-corrected chi connectivity index (χ3v) is 2.46. The zero-order valence-corrected chi connectivity index (χ0v) is 9.69. The van der Waals surface area contributed by atoms with Gasteiger partial charge in [0.15, 0.2) is 11.0 Å². The second-order valence-corrected chi connectivity index (χ2v) is 3.29. The molecule has 0 unspecified atom stereocenters. The second kappa shape index (κ2) is 5.82. The maximum Gasteiger partial charge on any atom is 0.186 e. The molecule has 2 heterocycles. The molecule has 13 heavy (non-hydrogen) atoms. The third-order valence-electron chi connectivity index (χ3n) is 1.57. The highest BCUT2D eigenvalue weighted by atomic mass is 35.5. The lowest BCUT2D eigenvalue weighted by Crippen LogP contribution is -2.51. The van der Waals surface area contributed by atoms with Crippen molar-refractivity contribution < 1.29 is 0 Å². The Morgan fingerprint density at radius 2 is 2.08 bits per heavy atom. The van der Waals surface area contributed by atoms with Gasteiger partial charge in [0, 0.05) is 13.1 Å². The van der Waals surface area contributed by atoms with E-state index in [0.29, 0.717) is 17.0 Å². The summed E-state index contributed by atoms with van der Waals surface area (Å²) in [5, 5.41) is 6.79. The van der Waals surface area contributed by atoms with Gasteiger partial charge in [-0.2, -0.15) is 8.75 Å². The fourth-order valence-corrected chi connectivity index (χ4v) is 1.51. The first-order valence-electron chi connectivity index (χ1n) is 3.31. The Labute approximate surface area is 97.6 Å². The minimum Gasteiger partial charge on any atom is -0.361 e. The molecular formula is C5H9Cl3N4S. The quantitative estimate of drug-likeness (QED) is 0.847. The summed E-state index contributed by atoms with van der Waals surface area (Å²) < 4.78 is 7.84. The van der Waals surface area contributed by atoms with E-state index in [1.54, 1.807) is 0 Å². The third kappa shape index (κ3) is 3.11. The van der Waals surface area contributed by atoms with Gasteiger partial charge in [-0.1, -0.05) is 11.6 Å². The molecule has 8 heteroatoms. The first kappa shape index (κ1) is 13.2. The topological polar surface area (TPSA) is 49.8 Å². The standard InChI is InChI=1S/C5H7ClN4S.2ClH/c6-4-5(10-11-9-4)8-3-1-7-2-3;;/h3,7H,1-2H2,(H,8,10);2*1H. The highest BCUT2D eigenvalue weighted by Crippen LogP contribution is 2.19. The Morgan fingerprint density at radius 1 is 1.38 bits per heavy atom. The second-order valence-electron chi connectivity index (χ2n) is 2.40. The van der Waals surface area contributed by atoms with Crippen LogP contribution in [0.4, 0.5) is 5.82 Å². The van der Waals surface area contributed by atoms with Crippen molar-refractivity contribution in [2.45, 2.75) is 6.04 Å². The highest BCUT2D eigenvalue weighted by molar-refractivity contribution is 6.99. The van der Waals surface area contributed by atoms with Crippen LogP contribution in [0.3, 0.4) is 0 Å². The lowest BCUT2D eigenvalue weighted by Gasteiger charge is -2.27. The van der Waals surface area contributed by atoms with Crippen molar-refractivity contribution >= 4 is 54.0 Å². The van der Waals surface area contributed by atoms with E-state index in [9.17, 15) is 0 Å². The maximum absolute atomic E-state index is 5.72. The average Bonchev–Trinajstić information content (AvgIpc) is 2.27. The van der Waals surface area contributed by atoms with Crippen LogP contribution in [0.15, 0.2) is 0 Å². The van der Waals surface area contributed by atoms with Crippen LogP contribution in [0, 0.1) is 0 Å². The Kier molecular flexibility index (Phi) is 5.91. The van der Waals surface area contributed by atoms with Gasteiger partial charge < -0.3 is 10.6 Å². The molecule has 0 bridgehead atoms. The predicted octanol–water partition coefficient (Wildman–Crippen LogP) is 1.42. The zero-order valence-electron chi connectivity index (χ0n) is 6.49. The molecule has 1 fully saturated rings. The molecule has 0 spiro atoms. The summed E-state index contributed by atoms with van der Waals surface area (Å²) in [6.07, 6.45) is 0. The van der Waals surface area contributed by atoms with Crippen LogP contribution in [-0.4, -0.2) is 27.9 Å². The van der Waals surface area contributed by atoms with E-state index >= 15 is 0 Å². The normalized spacial score (nSPS) is 15.2. The van der Waals surface area contributed by atoms with E-state index < -0.39 is 0 Å². The molecule has 2 rings (SSSR count). The number of rotatable bonds is 2. The van der Waals surface area contributed by atoms with Crippen LogP contribution in [0.1, 0.15) is 0 Å².